The molecular formula is C30H41N3O5. The highest BCUT2D eigenvalue weighted by atomic mass is 16.5. The van der Waals surface area contributed by atoms with E-state index in [1.165, 1.54) is 0 Å². The number of ether oxygens (including phenoxy) is 1. The molecule has 0 radical (unpaired) electrons. The van der Waals surface area contributed by atoms with Crippen molar-refractivity contribution in [1.29, 1.82) is 0 Å². The minimum absolute atomic E-state index is 0.0927. The van der Waals surface area contributed by atoms with Crippen LogP contribution in [0.15, 0.2) is 55.6 Å². The van der Waals surface area contributed by atoms with Crippen molar-refractivity contribution < 1.29 is 24.2 Å². The van der Waals surface area contributed by atoms with Gasteiger partial charge in [-0.2, -0.15) is 0 Å². The van der Waals surface area contributed by atoms with Crippen molar-refractivity contribution in [3.8, 4) is 0 Å². The molecule has 2 bridgehead atoms. The van der Waals surface area contributed by atoms with E-state index in [1.54, 1.807) is 26.9 Å². The SMILES string of the molecule is C=CCN(CCCC)C(=O)C1N(CCCO)C(=O)[C@@H]2[C@H](C(=O)N(CC=C)Cc3ccccc3)[C@@H]3CCC12O3. The predicted octanol–water partition coefficient (Wildman–Crippen LogP) is 2.77. The van der Waals surface area contributed by atoms with Gasteiger partial charge >= 0.3 is 0 Å². The van der Waals surface area contributed by atoms with Crippen molar-refractivity contribution in [2.75, 3.05) is 32.8 Å². The number of aliphatic hydroxyl groups excluding tert-OH is 1. The molecule has 38 heavy (non-hydrogen) atoms. The Morgan fingerprint density at radius 1 is 1.13 bits per heavy atom. The van der Waals surface area contributed by atoms with E-state index in [2.05, 4.69) is 20.1 Å². The summed E-state index contributed by atoms with van der Waals surface area (Å²) < 4.78 is 6.57. The molecule has 2 unspecified atom stereocenters. The third-order valence-corrected chi connectivity index (χ3v) is 8.20. The van der Waals surface area contributed by atoms with Gasteiger partial charge in [-0.05, 0) is 31.2 Å². The Bertz CT molecular complexity index is 1030. The Hall–Kier alpha value is -2.97. The number of carbonyl (C=O) groups excluding carboxylic acids is 3. The fourth-order valence-electron chi connectivity index (χ4n) is 6.57. The van der Waals surface area contributed by atoms with Crippen molar-refractivity contribution in [3.63, 3.8) is 0 Å². The molecule has 1 N–H and O–H groups in total. The molecule has 8 heteroatoms. The maximum Gasteiger partial charge on any atom is 0.248 e. The van der Waals surface area contributed by atoms with Crippen LogP contribution in [-0.2, 0) is 25.7 Å². The molecule has 5 atom stereocenters. The first-order chi connectivity index (χ1) is 18.4. The van der Waals surface area contributed by atoms with Crippen LogP contribution in [0.2, 0.25) is 0 Å². The van der Waals surface area contributed by atoms with Crippen molar-refractivity contribution in [2.45, 2.75) is 63.3 Å². The van der Waals surface area contributed by atoms with Gasteiger partial charge in [0.1, 0.15) is 11.6 Å². The summed E-state index contributed by atoms with van der Waals surface area (Å²) in [5.74, 6) is -1.89. The molecule has 0 aliphatic carbocycles. The van der Waals surface area contributed by atoms with Gasteiger partial charge in [0.15, 0.2) is 0 Å². The van der Waals surface area contributed by atoms with Gasteiger partial charge in [-0.3, -0.25) is 14.4 Å². The number of hydrogen-bond donors (Lipinski definition) is 1. The van der Waals surface area contributed by atoms with Crippen LogP contribution in [-0.4, -0.2) is 88.1 Å². The summed E-state index contributed by atoms with van der Waals surface area (Å²) in [6.07, 6.45) is 6.30. The zero-order chi connectivity index (χ0) is 27.3. The molecule has 1 spiro atoms. The average molecular weight is 524 g/mol. The fraction of sp³-hybridized carbons (Fsp3) is 0.567. The molecule has 3 fully saturated rings. The normalized spacial score (nSPS) is 27.3. The van der Waals surface area contributed by atoms with E-state index in [9.17, 15) is 19.5 Å². The third-order valence-electron chi connectivity index (χ3n) is 8.20. The molecule has 3 aliphatic heterocycles. The van der Waals surface area contributed by atoms with Gasteiger partial charge in [-0.1, -0.05) is 55.8 Å². The van der Waals surface area contributed by atoms with Gasteiger partial charge in [-0.15, -0.1) is 13.2 Å². The lowest BCUT2D eigenvalue weighted by Crippen LogP contribution is -2.56. The quantitative estimate of drug-likeness (QED) is 0.379. The number of nitrogens with zero attached hydrogens (tertiary/aromatic N) is 3. The molecule has 4 rings (SSSR count). The van der Waals surface area contributed by atoms with Gasteiger partial charge in [0.2, 0.25) is 17.7 Å². The number of fused-ring (bicyclic) bond motifs is 1. The Morgan fingerprint density at radius 2 is 1.84 bits per heavy atom. The highest BCUT2D eigenvalue weighted by Gasteiger charge is 2.74. The van der Waals surface area contributed by atoms with Gasteiger partial charge in [0, 0.05) is 39.3 Å². The summed E-state index contributed by atoms with van der Waals surface area (Å²) in [4.78, 5) is 47.2. The number of likely N-dealkylation sites (tertiary alicyclic amines) is 1. The fourth-order valence-corrected chi connectivity index (χ4v) is 6.57. The molecule has 206 valence electrons. The Labute approximate surface area is 225 Å². The molecular weight excluding hydrogens is 482 g/mol. The second-order valence-electron chi connectivity index (χ2n) is 10.6. The van der Waals surface area contributed by atoms with Crippen LogP contribution in [0.5, 0.6) is 0 Å². The van der Waals surface area contributed by atoms with Gasteiger partial charge in [-0.25, -0.2) is 0 Å². The third kappa shape index (κ3) is 5.04. The van der Waals surface area contributed by atoms with Gasteiger partial charge in [0.25, 0.3) is 0 Å². The lowest BCUT2D eigenvalue weighted by Gasteiger charge is -2.37. The number of carbonyl (C=O) groups is 3. The first-order valence-corrected chi connectivity index (χ1v) is 13.9. The highest BCUT2D eigenvalue weighted by molar-refractivity contribution is 5.99. The molecule has 3 saturated heterocycles. The van der Waals surface area contributed by atoms with Gasteiger partial charge in [0.05, 0.1) is 17.9 Å². The second kappa shape index (κ2) is 12.3. The van der Waals surface area contributed by atoms with E-state index in [4.69, 9.17) is 4.74 Å². The first-order valence-electron chi connectivity index (χ1n) is 13.9. The standard InChI is InChI=1S/C30H41N3O5/c1-4-7-18-31(16-5-2)29(37)26-30-15-14-23(38-30)24(25(30)28(36)33(26)19-11-20-34)27(35)32(17-6-3)21-22-12-9-8-10-13-22/h5-6,8-10,12-13,23-26,34H,2-4,7,11,14-21H2,1H3/t23-,24+,25-,26?,30?/m0/s1. The number of amides is 3. The maximum atomic E-state index is 14.1. The van der Waals surface area contributed by atoms with Crippen LogP contribution in [0.25, 0.3) is 0 Å². The highest BCUT2D eigenvalue weighted by Crippen LogP contribution is 2.59. The molecule has 0 aromatic heterocycles. The van der Waals surface area contributed by atoms with Crippen molar-refractivity contribution in [1.82, 2.24) is 14.7 Å². The summed E-state index contributed by atoms with van der Waals surface area (Å²) in [6, 6.07) is 8.93. The maximum absolute atomic E-state index is 14.1. The first kappa shape index (κ1) is 28.0. The lowest BCUT2D eigenvalue weighted by atomic mass is 9.70. The molecule has 1 aromatic rings. The van der Waals surface area contributed by atoms with E-state index < -0.39 is 29.6 Å². The number of hydrogen-bond acceptors (Lipinski definition) is 5. The monoisotopic (exact) mass is 523 g/mol. The molecule has 3 aliphatic rings. The van der Waals surface area contributed by atoms with Crippen LogP contribution in [0.3, 0.4) is 0 Å². The summed E-state index contributed by atoms with van der Waals surface area (Å²) in [7, 11) is 0. The Balaban J connectivity index is 1.67. The zero-order valence-corrected chi connectivity index (χ0v) is 22.5. The largest absolute Gasteiger partial charge is 0.396 e. The van der Waals surface area contributed by atoms with E-state index in [1.807, 2.05) is 30.3 Å². The summed E-state index contributed by atoms with van der Waals surface area (Å²) in [5, 5.41) is 9.54. The number of aliphatic hydroxyl groups is 1. The molecule has 3 amide bonds. The van der Waals surface area contributed by atoms with Crippen molar-refractivity contribution in [2.24, 2.45) is 11.8 Å². The molecule has 3 heterocycles. The van der Waals surface area contributed by atoms with Crippen LogP contribution in [0.1, 0.15) is 44.6 Å². The topological polar surface area (TPSA) is 90.4 Å². The van der Waals surface area contributed by atoms with Gasteiger partial charge < -0.3 is 24.5 Å². The van der Waals surface area contributed by atoms with Crippen LogP contribution in [0, 0.1) is 11.8 Å². The summed E-state index contributed by atoms with van der Waals surface area (Å²) in [6.45, 7) is 11.6. The van der Waals surface area contributed by atoms with E-state index >= 15 is 0 Å². The summed E-state index contributed by atoms with van der Waals surface area (Å²) >= 11 is 0. The smallest absolute Gasteiger partial charge is 0.248 e. The van der Waals surface area contributed by atoms with Crippen molar-refractivity contribution >= 4 is 17.7 Å². The van der Waals surface area contributed by atoms with E-state index in [0.29, 0.717) is 45.4 Å². The minimum atomic E-state index is -1.03. The Morgan fingerprint density at radius 3 is 2.50 bits per heavy atom. The van der Waals surface area contributed by atoms with Crippen molar-refractivity contribution in [3.05, 3.63) is 61.2 Å². The zero-order valence-electron chi connectivity index (χ0n) is 22.5. The second-order valence-corrected chi connectivity index (χ2v) is 10.6. The lowest BCUT2D eigenvalue weighted by molar-refractivity contribution is -0.149. The molecule has 1 aromatic carbocycles. The van der Waals surface area contributed by atoms with Crippen LogP contribution < -0.4 is 0 Å². The summed E-state index contributed by atoms with van der Waals surface area (Å²) in [5.41, 5.74) is -0.0415. The van der Waals surface area contributed by atoms with Crippen LogP contribution in [0.4, 0.5) is 0 Å². The predicted molar refractivity (Wildman–Crippen MR) is 145 cm³/mol. The molecule has 8 nitrogen and oxygen atoms in total. The molecule has 0 saturated carbocycles. The average Bonchev–Trinajstić information content (AvgIpc) is 3.56. The van der Waals surface area contributed by atoms with E-state index in [0.717, 1.165) is 18.4 Å². The number of unbranched alkanes of at least 4 members (excludes halogenated alkanes) is 1. The minimum Gasteiger partial charge on any atom is -0.396 e. The van der Waals surface area contributed by atoms with Crippen LogP contribution >= 0.6 is 0 Å². The number of benzene rings is 1. The Kier molecular flexibility index (Phi) is 9.05. The van der Waals surface area contributed by atoms with E-state index in [-0.39, 0.29) is 30.9 Å². The number of rotatable bonds is 14.